The molecule has 0 saturated heterocycles. The molecule has 0 aromatic heterocycles. The summed E-state index contributed by atoms with van der Waals surface area (Å²) in [6, 6.07) is 0. The Morgan fingerprint density at radius 1 is 0.880 bits per heavy atom. The Kier molecular flexibility index (Phi) is 7.98. The third-order valence-corrected chi connectivity index (χ3v) is 1.67. The highest BCUT2D eigenvalue weighted by Crippen LogP contribution is 2.48. The van der Waals surface area contributed by atoms with Crippen LogP contribution >= 0.6 is 0 Å². The zero-order valence-electron chi connectivity index (χ0n) is 10.8. The van der Waals surface area contributed by atoms with Gasteiger partial charge in [-0.15, -0.1) is 18.0 Å². The van der Waals surface area contributed by atoms with Gasteiger partial charge >= 0.3 is 30.7 Å². The van der Waals surface area contributed by atoms with Gasteiger partial charge in [0.1, 0.15) is 0 Å². The van der Waals surface area contributed by atoms with Gasteiger partial charge in [0.2, 0.25) is 6.17 Å². The number of alkyl halides is 13. The second-order valence-electron chi connectivity index (χ2n) is 3.53. The van der Waals surface area contributed by atoms with Crippen molar-refractivity contribution in [2.24, 2.45) is 0 Å². The predicted octanol–water partition coefficient (Wildman–Crippen LogP) is 1.15. The van der Waals surface area contributed by atoms with E-state index in [1.54, 1.807) is 10.6 Å². The normalized spacial score (nSPS) is 17.2. The van der Waals surface area contributed by atoms with Gasteiger partial charge in [-0.2, -0.15) is 39.5 Å². The minimum Gasteiger partial charge on any atom is -0.547 e. The van der Waals surface area contributed by atoms with Crippen LogP contribution in [-0.4, -0.2) is 42.8 Å². The van der Waals surface area contributed by atoms with Gasteiger partial charge in [-0.25, -0.2) is 15.0 Å². The summed E-state index contributed by atoms with van der Waals surface area (Å²) >= 11 is 0. The van der Waals surface area contributed by atoms with Crippen LogP contribution in [0.1, 0.15) is 0 Å². The van der Waals surface area contributed by atoms with Crippen molar-refractivity contribution in [1.82, 2.24) is 0 Å². The number of carboxylic acid groups (broad SMARTS) is 1. The number of ether oxygens (including phenoxy) is 1. The fourth-order valence-corrected chi connectivity index (χ4v) is 0.668. The Hall–Kier alpha value is -1.56. The summed E-state index contributed by atoms with van der Waals surface area (Å²) < 4.78 is 152. The maximum atomic E-state index is 12.6. The third-order valence-electron chi connectivity index (χ3n) is 1.67. The summed E-state index contributed by atoms with van der Waals surface area (Å²) in [5.74, 6) is -7.41. The molecule has 0 aromatic rings. The molecule has 0 aliphatic rings. The Morgan fingerprint density at radius 3 is 1.36 bits per heavy atom. The first-order valence-electron chi connectivity index (χ1n) is 4.87. The molecular weight excluding hydrogens is 409 g/mol. The van der Waals surface area contributed by atoms with E-state index in [2.05, 4.69) is 4.84 Å². The van der Waals surface area contributed by atoms with E-state index in [0.29, 0.717) is 0 Å². The van der Waals surface area contributed by atoms with Crippen molar-refractivity contribution < 1.29 is 82.4 Å². The van der Waals surface area contributed by atoms with Gasteiger partial charge < -0.3 is 9.90 Å². The molecule has 0 radical (unpaired) electrons. The van der Waals surface area contributed by atoms with E-state index < -0.39 is 42.8 Å². The maximum Gasteiger partial charge on any atom is 0.525 e. The van der Waals surface area contributed by atoms with Gasteiger partial charge in [0.15, 0.2) is 0 Å². The fourth-order valence-electron chi connectivity index (χ4n) is 0.668. The minimum atomic E-state index is -6.68. The zero-order valence-corrected chi connectivity index (χ0v) is 10.8. The summed E-state index contributed by atoms with van der Waals surface area (Å²) in [4.78, 5) is 11.6. The first-order chi connectivity index (χ1) is 10.6. The number of hydrogen-bond acceptors (Lipinski definition) is 4. The van der Waals surface area contributed by atoms with Crippen LogP contribution in [0.2, 0.25) is 0 Å². The minimum absolute atomic E-state index is 1.73. The van der Waals surface area contributed by atoms with E-state index in [1.165, 1.54) is 0 Å². The van der Waals surface area contributed by atoms with Crippen LogP contribution in [0.15, 0.2) is 0 Å². The van der Waals surface area contributed by atoms with Crippen molar-refractivity contribution in [2.75, 3.05) is 0 Å². The lowest BCUT2D eigenvalue weighted by atomic mass is 10.3. The quantitative estimate of drug-likeness (QED) is 0.554. The molecule has 2 atom stereocenters. The van der Waals surface area contributed by atoms with Gasteiger partial charge in [0, 0.05) is 0 Å². The lowest BCUT2D eigenvalue weighted by Gasteiger charge is -2.31. The van der Waals surface area contributed by atoms with Crippen molar-refractivity contribution in [1.29, 1.82) is 0 Å². The van der Waals surface area contributed by atoms with Gasteiger partial charge in [0.25, 0.3) is 0 Å². The number of hydrogen-bond donors (Lipinski definition) is 1. The van der Waals surface area contributed by atoms with E-state index in [4.69, 9.17) is 9.90 Å². The molecule has 0 aromatic carbocycles. The summed E-state index contributed by atoms with van der Waals surface area (Å²) in [7, 11) is 0. The molecule has 0 bridgehead atoms. The molecule has 0 spiro atoms. The molecule has 0 heterocycles. The molecule has 18 heteroatoms. The van der Waals surface area contributed by atoms with Crippen molar-refractivity contribution in [2.45, 2.75) is 36.9 Å². The van der Waals surface area contributed by atoms with E-state index in [1.807, 2.05) is 0 Å². The number of aliphatic carboxylic acids is 1. The molecule has 0 aliphatic heterocycles. The summed E-state index contributed by atoms with van der Waals surface area (Å²) in [6.45, 7) is 0. The number of carboxylic acids is 1. The Bertz CT molecular complexity index is 443. The van der Waals surface area contributed by atoms with Crippen molar-refractivity contribution in [3.05, 3.63) is 0 Å². The standard InChI is InChI=1S/C4H3F9NO2.C3H2F4O2/c5-1(2(6,7)8,3(9,10)16-14)15-4(11,12)13;4-1(2(8)9)3(5,6)7/h14H3;1H,(H,8,9)/q+1;/p-1. The van der Waals surface area contributed by atoms with Crippen LogP contribution in [0.3, 0.4) is 0 Å². The lowest BCUT2D eigenvalue weighted by molar-refractivity contribution is -0.765. The van der Waals surface area contributed by atoms with E-state index in [9.17, 15) is 57.1 Å². The first-order valence-corrected chi connectivity index (χ1v) is 4.87. The first kappa shape index (κ1) is 25.7. The van der Waals surface area contributed by atoms with Crippen LogP contribution in [0.25, 0.3) is 0 Å². The SMILES string of the molecule is O=C([O-])C(F)C(F)(F)F.[NH3+]OC(F)(F)C(F)(OC(F)(F)F)C(F)(F)F. The Labute approximate surface area is 127 Å². The van der Waals surface area contributed by atoms with Crippen molar-refractivity contribution >= 4 is 5.97 Å². The highest BCUT2D eigenvalue weighted by Gasteiger charge is 2.78. The van der Waals surface area contributed by atoms with Gasteiger partial charge in [0.05, 0.1) is 5.97 Å². The number of quaternary nitrogens is 1. The van der Waals surface area contributed by atoms with Crippen LogP contribution in [0.4, 0.5) is 57.1 Å². The van der Waals surface area contributed by atoms with E-state index in [0.717, 1.165) is 0 Å². The van der Waals surface area contributed by atoms with Crippen LogP contribution < -0.4 is 11.0 Å². The van der Waals surface area contributed by atoms with Crippen molar-refractivity contribution in [3.63, 3.8) is 0 Å². The highest BCUT2D eigenvalue weighted by atomic mass is 19.4. The molecule has 5 nitrogen and oxygen atoms in total. The molecule has 3 N–H and O–H groups in total. The topological polar surface area (TPSA) is 86.2 Å². The second-order valence-corrected chi connectivity index (χ2v) is 3.53. The third kappa shape index (κ3) is 7.46. The largest absolute Gasteiger partial charge is 0.547 e. The summed E-state index contributed by atoms with van der Waals surface area (Å²) in [6.07, 6.45) is -28.1. The maximum absolute atomic E-state index is 12.6. The number of carbonyl (C=O) groups excluding carboxylic acids is 1. The predicted molar refractivity (Wildman–Crippen MR) is 41.9 cm³/mol. The molecule has 0 aliphatic carbocycles. The van der Waals surface area contributed by atoms with Crippen LogP contribution in [-0.2, 0) is 14.4 Å². The Morgan fingerprint density at radius 2 is 1.24 bits per heavy atom. The molecule has 25 heavy (non-hydrogen) atoms. The second kappa shape index (κ2) is 7.77. The molecule has 0 saturated carbocycles. The number of rotatable bonds is 4. The average Bonchev–Trinajstić information content (AvgIpc) is 2.33. The van der Waals surface area contributed by atoms with Gasteiger partial charge in [-0.05, 0) is 0 Å². The van der Waals surface area contributed by atoms with Crippen LogP contribution in [0.5, 0.6) is 0 Å². The summed E-state index contributed by atoms with van der Waals surface area (Å²) in [5, 5.41) is 9.14. The molecule has 0 fully saturated rings. The molecule has 0 rings (SSSR count). The monoisotopic (exact) mass is 413 g/mol. The molecular formula is C7H4F13NO4. The Balaban J connectivity index is 0. The number of carbonyl (C=O) groups is 1. The lowest BCUT2D eigenvalue weighted by Crippen LogP contribution is -2.68. The van der Waals surface area contributed by atoms with Gasteiger partial charge in [-0.3, -0.25) is 0 Å². The highest BCUT2D eigenvalue weighted by molar-refractivity contribution is 5.70. The smallest absolute Gasteiger partial charge is 0.525 e. The van der Waals surface area contributed by atoms with Gasteiger partial charge in [-0.1, -0.05) is 0 Å². The van der Waals surface area contributed by atoms with E-state index in [-0.39, 0.29) is 0 Å². The summed E-state index contributed by atoms with van der Waals surface area (Å²) in [5.41, 5.74) is 0. The van der Waals surface area contributed by atoms with E-state index >= 15 is 0 Å². The fraction of sp³-hybridized carbons (Fsp3) is 0.857. The zero-order chi connectivity index (χ0) is 21.1. The average molecular weight is 413 g/mol. The molecule has 152 valence electrons. The molecule has 2 unspecified atom stereocenters. The molecule has 0 amide bonds. The van der Waals surface area contributed by atoms with Crippen molar-refractivity contribution in [3.8, 4) is 0 Å². The number of halogens is 13. The van der Waals surface area contributed by atoms with Crippen LogP contribution in [0, 0.1) is 0 Å².